The molecule has 1 N–H and O–H groups in total. The van der Waals surface area contributed by atoms with Gasteiger partial charge in [-0.25, -0.2) is 9.59 Å². The predicted octanol–water partition coefficient (Wildman–Crippen LogP) is 3.56. The SMILES string of the molecule is CCCn1c(SCC(=O)Nc2cc(C(=O)OC)cc(C(=O)OC)c2)nnc1-c1ccoc1C. The summed E-state index contributed by atoms with van der Waals surface area (Å²) >= 11 is 1.23. The van der Waals surface area contributed by atoms with Crippen LogP contribution in [0.1, 0.15) is 39.8 Å². The molecule has 0 saturated heterocycles. The van der Waals surface area contributed by atoms with Crippen molar-refractivity contribution in [1.29, 1.82) is 0 Å². The van der Waals surface area contributed by atoms with Crippen molar-refractivity contribution >= 4 is 35.3 Å². The highest BCUT2D eigenvalue weighted by molar-refractivity contribution is 7.99. The number of thioether (sulfide) groups is 1. The third kappa shape index (κ3) is 5.61. The van der Waals surface area contributed by atoms with E-state index in [1.165, 1.54) is 44.2 Å². The maximum atomic E-state index is 12.6. The van der Waals surface area contributed by atoms with Crippen LogP contribution in [-0.2, 0) is 20.8 Å². The molecular formula is C22H24N4O6S. The average Bonchev–Trinajstić information content (AvgIpc) is 3.41. The molecule has 0 atom stereocenters. The van der Waals surface area contributed by atoms with Gasteiger partial charge in [0.2, 0.25) is 5.91 Å². The van der Waals surface area contributed by atoms with E-state index in [-0.39, 0.29) is 28.5 Å². The van der Waals surface area contributed by atoms with Crippen molar-refractivity contribution in [2.45, 2.75) is 32.0 Å². The van der Waals surface area contributed by atoms with Gasteiger partial charge in [0, 0.05) is 12.2 Å². The van der Waals surface area contributed by atoms with Crippen LogP contribution in [0.2, 0.25) is 0 Å². The molecule has 0 radical (unpaired) electrons. The molecule has 0 unspecified atom stereocenters. The Morgan fingerprint density at radius 3 is 2.30 bits per heavy atom. The first-order chi connectivity index (χ1) is 15.9. The molecule has 0 bridgehead atoms. The third-order valence-corrected chi connectivity index (χ3v) is 5.62. The number of aromatic nitrogens is 3. The Bertz CT molecular complexity index is 1140. The van der Waals surface area contributed by atoms with Gasteiger partial charge < -0.3 is 23.8 Å². The molecule has 1 amide bonds. The maximum Gasteiger partial charge on any atom is 0.337 e. The van der Waals surface area contributed by atoms with Crippen LogP contribution in [0.3, 0.4) is 0 Å². The Hall–Kier alpha value is -3.60. The van der Waals surface area contributed by atoms with E-state index >= 15 is 0 Å². The summed E-state index contributed by atoms with van der Waals surface area (Å²) in [7, 11) is 2.46. The number of aryl methyl sites for hydroxylation is 1. The lowest BCUT2D eigenvalue weighted by Gasteiger charge is -2.10. The molecule has 0 aliphatic rings. The second-order valence-corrected chi connectivity index (χ2v) is 7.91. The highest BCUT2D eigenvalue weighted by atomic mass is 32.2. The van der Waals surface area contributed by atoms with Gasteiger partial charge in [-0.1, -0.05) is 18.7 Å². The Balaban J connectivity index is 1.76. The number of hydrogen-bond donors (Lipinski definition) is 1. The quantitative estimate of drug-likeness (QED) is 0.367. The largest absolute Gasteiger partial charge is 0.469 e. The minimum absolute atomic E-state index is 0.0439. The summed E-state index contributed by atoms with van der Waals surface area (Å²) in [4.78, 5) is 36.5. The highest BCUT2D eigenvalue weighted by Gasteiger charge is 2.19. The van der Waals surface area contributed by atoms with Crippen molar-refractivity contribution in [2.75, 3.05) is 25.3 Å². The van der Waals surface area contributed by atoms with E-state index in [9.17, 15) is 14.4 Å². The maximum absolute atomic E-state index is 12.6. The molecule has 11 heteroatoms. The van der Waals surface area contributed by atoms with Crippen molar-refractivity contribution in [2.24, 2.45) is 0 Å². The molecular weight excluding hydrogens is 448 g/mol. The van der Waals surface area contributed by atoms with Crippen LogP contribution >= 0.6 is 11.8 Å². The first kappa shape index (κ1) is 24.1. The normalized spacial score (nSPS) is 10.7. The first-order valence-corrected chi connectivity index (χ1v) is 11.1. The van der Waals surface area contributed by atoms with E-state index in [1.54, 1.807) is 6.26 Å². The number of rotatable bonds is 9. The van der Waals surface area contributed by atoms with Crippen molar-refractivity contribution in [3.8, 4) is 11.4 Å². The topological polar surface area (TPSA) is 126 Å². The molecule has 0 spiro atoms. The van der Waals surface area contributed by atoms with Gasteiger partial charge in [0.25, 0.3) is 0 Å². The fourth-order valence-electron chi connectivity index (χ4n) is 3.14. The number of carbonyl (C=O) groups excluding carboxylic acids is 3. The molecule has 0 aliphatic heterocycles. The zero-order chi connectivity index (χ0) is 24.0. The number of benzene rings is 1. The van der Waals surface area contributed by atoms with Crippen LogP contribution in [0.15, 0.2) is 40.1 Å². The second kappa shape index (κ2) is 10.8. The molecule has 3 rings (SSSR count). The number of amides is 1. The molecule has 10 nitrogen and oxygen atoms in total. The number of carbonyl (C=O) groups is 3. The van der Waals surface area contributed by atoms with E-state index < -0.39 is 11.9 Å². The van der Waals surface area contributed by atoms with Gasteiger partial charge in [0.15, 0.2) is 11.0 Å². The average molecular weight is 473 g/mol. The summed E-state index contributed by atoms with van der Waals surface area (Å²) in [5.74, 6) is -0.159. The van der Waals surface area contributed by atoms with E-state index in [4.69, 9.17) is 13.9 Å². The molecule has 2 aromatic heterocycles. The summed E-state index contributed by atoms with van der Waals surface area (Å²) in [5, 5.41) is 11.8. The predicted molar refractivity (Wildman–Crippen MR) is 121 cm³/mol. The number of furan rings is 1. The van der Waals surface area contributed by atoms with E-state index in [0.717, 1.165) is 17.7 Å². The number of anilines is 1. The highest BCUT2D eigenvalue weighted by Crippen LogP contribution is 2.27. The fraction of sp³-hybridized carbons (Fsp3) is 0.318. The first-order valence-electron chi connectivity index (χ1n) is 10.1. The fourth-order valence-corrected chi connectivity index (χ4v) is 3.90. The number of methoxy groups -OCH3 is 2. The molecule has 33 heavy (non-hydrogen) atoms. The van der Waals surface area contributed by atoms with Crippen LogP contribution in [0, 0.1) is 6.92 Å². The van der Waals surface area contributed by atoms with Gasteiger partial charge >= 0.3 is 11.9 Å². The van der Waals surface area contributed by atoms with Crippen LogP contribution in [-0.4, -0.2) is 52.6 Å². The lowest BCUT2D eigenvalue weighted by atomic mass is 10.1. The summed E-state index contributed by atoms with van der Waals surface area (Å²) in [6.45, 7) is 4.58. The molecule has 0 aliphatic carbocycles. The van der Waals surface area contributed by atoms with Gasteiger partial charge in [0.1, 0.15) is 5.76 Å². The number of nitrogens with zero attached hydrogens (tertiary/aromatic N) is 3. The van der Waals surface area contributed by atoms with E-state index in [1.807, 2.05) is 24.5 Å². The van der Waals surface area contributed by atoms with Gasteiger partial charge in [-0.05, 0) is 37.6 Å². The van der Waals surface area contributed by atoms with Crippen LogP contribution < -0.4 is 5.32 Å². The zero-order valence-corrected chi connectivity index (χ0v) is 19.5. The van der Waals surface area contributed by atoms with Crippen molar-refractivity contribution in [1.82, 2.24) is 14.8 Å². The van der Waals surface area contributed by atoms with Crippen molar-refractivity contribution in [3.63, 3.8) is 0 Å². The Morgan fingerprint density at radius 2 is 1.76 bits per heavy atom. The summed E-state index contributed by atoms with van der Waals surface area (Å²) in [6.07, 6.45) is 2.46. The lowest BCUT2D eigenvalue weighted by Crippen LogP contribution is -2.16. The number of hydrogen-bond acceptors (Lipinski definition) is 9. The summed E-state index contributed by atoms with van der Waals surface area (Å²) in [6, 6.07) is 6.04. The van der Waals surface area contributed by atoms with Gasteiger partial charge in [-0.15, -0.1) is 10.2 Å². The van der Waals surface area contributed by atoms with Crippen LogP contribution in [0.5, 0.6) is 0 Å². The minimum atomic E-state index is -0.639. The third-order valence-electron chi connectivity index (χ3n) is 4.66. The van der Waals surface area contributed by atoms with E-state index in [2.05, 4.69) is 15.5 Å². The number of nitrogens with one attached hydrogen (secondary N) is 1. The molecule has 2 heterocycles. The number of esters is 2. The van der Waals surface area contributed by atoms with Gasteiger partial charge in [0.05, 0.1) is 42.9 Å². The Kier molecular flexibility index (Phi) is 7.88. The molecule has 0 saturated carbocycles. The second-order valence-electron chi connectivity index (χ2n) is 6.97. The smallest absolute Gasteiger partial charge is 0.337 e. The molecule has 1 aromatic carbocycles. The van der Waals surface area contributed by atoms with Gasteiger partial charge in [-0.3, -0.25) is 4.79 Å². The van der Waals surface area contributed by atoms with Crippen molar-refractivity contribution < 1.29 is 28.3 Å². The Labute approximate surface area is 194 Å². The van der Waals surface area contributed by atoms with Crippen molar-refractivity contribution in [3.05, 3.63) is 47.4 Å². The van der Waals surface area contributed by atoms with E-state index in [0.29, 0.717) is 17.5 Å². The Morgan fingerprint density at radius 1 is 1.09 bits per heavy atom. The van der Waals surface area contributed by atoms with Crippen LogP contribution in [0.25, 0.3) is 11.4 Å². The summed E-state index contributed by atoms with van der Waals surface area (Å²) < 4.78 is 16.8. The zero-order valence-electron chi connectivity index (χ0n) is 18.7. The molecule has 3 aromatic rings. The minimum Gasteiger partial charge on any atom is -0.469 e. The van der Waals surface area contributed by atoms with Crippen LogP contribution in [0.4, 0.5) is 5.69 Å². The standard InChI is InChI=1S/C22H24N4O6S/c1-5-7-26-19(17-6-8-32-13(17)2)24-25-22(26)33-12-18(27)23-16-10-14(20(28)30-3)9-15(11-16)21(29)31-4/h6,8-11H,5,7,12H2,1-4H3,(H,23,27). The molecule has 0 fully saturated rings. The van der Waals surface area contributed by atoms with Gasteiger partial charge in [-0.2, -0.15) is 0 Å². The lowest BCUT2D eigenvalue weighted by molar-refractivity contribution is -0.113. The number of ether oxygens (including phenoxy) is 2. The molecule has 174 valence electrons. The monoisotopic (exact) mass is 472 g/mol. The summed E-state index contributed by atoms with van der Waals surface area (Å²) in [5.41, 5.74) is 1.35.